The summed E-state index contributed by atoms with van der Waals surface area (Å²) in [4.78, 5) is 25.0. The van der Waals surface area contributed by atoms with Crippen LogP contribution in [-0.4, -0.2) is 42.5 Å². The van der Waals surface area contributed by atoms with Crippen molar-refractivity contribution in [2.75, 3.05) is 13.7 Å². The van der Waals surface area contributed by atoms with E-state index in [1.807, 2.05) is 18.7 Å². The van der Waals surface area contributed by atoms with Crippen LogP contribution < -0.4 is 5.73 Å². The normalized spacial score (nSPS) is 12.7. The summed E-state index contributed by atoms with van der Waals surface area (Å²) in [5.41, 5.74) is 5.61. The molecule has 0 rings (SSSR count). The van der Waals surface area contributed by atoms with Crippen LogP contribution in [0.2, 0.25) is 0 Å². The van der Waals surface area contributed by atoms with Gasteiger partial charge < -0.3 is 15.4 Å². The maximum atomic E-state index is 12.1. The molecule has 0 aromatic heterocycles. The Labute approximate surface area is 110 Å². The van der Waals surface area contributed by atoms with Gasteiger partial charge in [0.05, 0.1) is 7.11 Å². The number of methoxy groups -OCH3 is 1. The Balaban J connectivity index is 4.31. The molecule has 0 spiro atoms. The third kappa shape index (κ3) is 6.00. The average molecular weight is 258 g/mol. The highest BCUT2D eigenvalue weighted by molar-refractivity contribution is 5.79. The van der Waals surface area contributed by atoms with E-state index in [4.69, 9.17) is 5.73 Å². The highest BCUT2D eigenvalue weighted by Gasteiger charge is 2.21. The van der Waals surface area contributed by atoms with Crippen molar-refractivity contribution in [3.63, 3.8) is 0 Å². The number of nitrogens with two attached hydrogens (primary N) is 1. The van der Waals surface area contributed by atoms with Crippen molar-refractivity contribution in [2.24, 2.45) is 11.7 Å². The monoisotopic (exact) mass is 258 g/mol. The molecule has 0 aromatic carbocycles. The molecule has 0 aliphatic carbocycles. The molecular weight excluding hydrogens is 232 g/mol. The molecule has 0 heterocycles. The number of rotatable bonds is 7. The van der Waals surface area contributed by atoms with Crippen molar-refractivity contribution >= 4 is 11.9 Å². The SMILES string of the molecule is COC(=O)[C@H](N)CCC(=O)N(CC(C)C)C(C)C. The molecule has 0 radical (unpaired) electrons. The highest BCUT2D eigenvalue weighted by atomic mass is 16.5. The van der Waals surface area contributed by atoms with Gasteiger partial charge in [-0.15, -0.1) is 0 Å². The van der Waals surface area contributed by atoms with Crippen LogP contribution in [0, 0.1) is 5.92 Å². The van der Waals surface area contributed by atoms with Crippen LogP contribution in [0.5, 0.6) is 0 Å². The first-order valence-corrected chi connectivity index (χ1v) is 6.42. The van der Waals surface area contributed by atoms with Crippen LogP contribution in [-0.2, 0) is 14.3 Å². The second-order valence-corrected chi connectivity index (χ2v) is 5.20. The zero-order valence-electron chi connectivity index (χ0n) is 12.1. The smallest absolute Gasteiger partial charge is 0.322 e. The first-order chi connectivity index (χ1) is 8.29. The number of nitrogens with zero attached hydrogens (tertiary/aromatic N) is 1. The number of hydrogen-bond donors (Lipinski definition) is 1. The van der Waals surface area contributed by atoms with Gasteiger partial charge in [0.1, 0.15) is 6.04 Å². The van der Waals surface area contributed by atoms with Crippen molar-refractivity contribution in [3.05, 3.63) is 0 Å². The van der Waals surface area contributed by atoms with Gasteiger partial charge in [-0.05, 0) is 26.2 Å². The molecule has 0 fully saturated rings. The number of hydrogen-bond acceptors (Lipinski definition) is 4. The van der Waals surface area contributed by atoms with Crippen LogP contribution in [0.15, 0.2) is 0 Å². The molecule has 2 N–H and O–H groups in total. The minimum atomic E-state index is -0.716. The van der Waals surface area contributed by atoms with E-state index in [0.717, 1.165) is 6.54 Å². The van der Waals surface area contributed by atoms with Gasteiger partial charge >= 0.3 is 5.97 Å². The third-order valence-electron chi connectivity index (χ3n) is 2.68. The van der Waals surface area contributed by atoms with Crippen molar-refractivity contribution in [2.45, 2.75) is 52.6 Å². The van der Waals surface area contributed by atoms with Gasteiger partial charge in [0.15, 0.2) is 0 Å². The Morgan fingerprint density at radius 1 is 1.22 bits per heavy atom. The largest absolute Gasteiger partial charge is 0.468 e. The molecule has 0 unspecified atom stereocenters. The van der Waals surface area contributed by atoms with E-state index in [-0.39, 0.29) is 18.4 Å². The van der Waals surface area contributed by atoms with Crippen molar-refractivity contribution < 1.29 is 14.3 Å². The van der Waals surface area contributed by atoms with E-state index in [1.165, 1.54) is 7.11 Å². The number of amides is 1. The Morgan fingerprint density at radius 2 is 1.78 bits per heavy atom. The topological polar surface area (TPSA) is 72.6 Å². The second kappa shape index (κ2) is 8.08. The fourth-order valence-electron chi connectivity index (χ4n) is 1.69. The van der Waals surface area contributed by atoms with Gasteiger partial charge in [-0.2, -0.15) is 0 Å². The van der Waals surface area contributed by atoms with Crippen LogP contribution in [0.3, 0.4) is 0 Å². The minimum Gasteiger partial charge on any atom is -0.468 e. The third-order valence-corrected chi connectivity index (χ3v) is 2.68. The average Bonchev–Trinajstić information content (AvgIpc) is 2.30. The molecule has 1 amide bonds. The minimum absolute atomic E-state index is 0.0399. The van der Waals surface area contributed by atoms with Crippen LogP contribution in [0.25, 0.3) is 0 Å². The van der Waals surface area contributed by atoms with Crippen LogP contribution >= 0.6 is 0 Å². The molecule has 0 aliphatic heterocycles. The van der Waals surface area contributed by atoms with E-state index in [0.29, 0.717) is 12.3 Å². The summed E-state index contributed by atoms with van der Waals surface area (Å²) in [6, 6.07) is -0.554. The molecule has 0 aliphatic rings. The lowest BCUT2D eigenvalue weighted by atomic mass is 10.1. The Morgan fingerprint density at radius 3 is 2.17 bits per heavy atom. The first kappa shape index (κ1) is 16.9. The Kier molecular flexibility index (Phi) is 7.59. The predicted molar refractivity (Wildman–Crippen MR) is 70.9 cm³/mol. The van der Waals surface area contributed by atoms with Crippen LogP contribution in [0.1, 0.15) is 40.5 Å². The second-order valence-electron chi connectivity index (χ2n) is 5.20. The zero-order valence-corrected chi connectivity index (χ0v) is 12.1. The van der Waals surface area contributed by atoms with Gasteiger partial charge in [-0.25, -0.2) is 0 Å². The van der Waals surface area contributed by atoms with Crippen molar-refractivity contribution in [3.8, 4) is 0 Å². The zero-order chi connectivity index (χ0) is 14.3. The molecule has 1 atom stereocenters. The van der Waals surface area contributed by atoms with E-state index >= 15 is 0 Å². The summed E-state index contributed by atoms with van der Waals surface area (Å²) in [7, 11) is 1.29. The summed E-state index contributed by atoms with van der Waals surface area (Å²) in [6.45, 7) is 8.84. The molecular formula is C13H26N2O3. The molecule has 0 saturated carbocycles. The van der Waals surface area contributed by atoms with Gasteiger partial charge in [-0.1, -0.05) is 13.8 Å². The van der Waals surface area contributed by atoms with E-state index in [1.54, 1.807) is 0 Å². The fourth-order valence-corrected chi connectivity index (χ4v) is 1.69. The number of esters is 1. The van der Waals surface area contributed by atoms with E-state index in [2.05, 4.69) is 18.6 Å². The summed E-state index contributed by atoms with van der Waals surface area (Å²) >= 11 is 0. The summed E-state index contributed by atoms with van der Waals surface area (Å²) in [5, 5.41) is 0. The number of ether oxygens (including phenoxy) is 1. The first-order valence-electron chi connectivity index (χ1n) is 6.42. The molecule has 106 valence electrons. The Hall–Kier alpha value is -1.10. The van der Waals surface area contributed by atoms with Gasteiger partial charge in [0.25, 0.3) is 0 Å². The highest BCUT2D eigenvalue weighted by Crippen LogP contribution is 2.09. The summed E-state index contributed by atoms with van der Waals surface area (Å²) in [5.74, 6) is -0.00793. The standard InChI is InChI=1S/C13H26N2O3/c1-9(2)8-15(10(3)4)12(16)7-6-11(14)13(17)18-5/h9-11H,6-8,14H2,1-5H3/t11-/m1/s1. The summed E-state index contributed by atoms with van der Waals surface area (Å²) < 4.78 is 4.53. The van der Waals surface area contributed by atoms with Gasteiger partial charge in [-0.3, -0.25) is 9.59 Å². The molecule has 5 nitrogen and oxygen atoms in total. The van der Waals surface area contributed by atoms with Crippen molar-refractivity contribution in [1.29, 1.82) is 0 Å². The summed E-state index contributed by atoms with van der Waals surface area (Å²) in [6.07, 6.45) is 0.605. The van der Waals surface area contributed by atoms with Crippen molar-refractivity contribution in [1.82, 2.24) is 4.90 Å². The maximum Gasteiger partial charge on any atom is 0.322 e. The number of carbonyl (C=O) groups is 2. The molecule has 0 saturated heterocycles. The fraction of sp³-hybridized carbons (Fsp3) is 0.846. The lowest BCUT2D eigenvalue weighted by Gasteiger charge is -2.28. The molecule has 0 bridgehead atoms. The van der Waals surface area contributed by atoms with E-state index < -0.39 is 12.0 Å². The molecule has 0 aromatic rings. The van der Waals surface area contributed by atoms with Gasteiger partial charge in [0, 0.05) is 19.0 Å². The Bertz CT molecular complexity index is 277. The lowest BCUT2D eigenvalue weighted by Crippen LogP contribution is -2.41. The van der Waals surface area contributed by atoms with Crippen LogP contribution in [0.4, 0.5) is 0 Å². The van der Waals surface area contributed by atoms with E-state index in [9.17, 15) is 9.59 Å². The molecule has 18 heavy (non-hydrogen) atoms. The molecule has 5 heteroatoms. The lowest BCUT2D eigenvalue weighted by molar-refractivity contribution is -0.142. The predicted octanol–water partition coefficient (Wildman–Crippen LogP) is 1.16. The number of carbonyl (C=O) groups excluding carboxylic acids is 2. The quantitative estimate of drug-likeness (QED) is 0.695. The maximum absolute atomic E-state index is 12.1. The van der Waals surface area contributed by atoms with Gasteiger partial charge in [0.2, 0.25) is 5.91 Å².